The summed E-state index contributed by atoms with van der Waals surface area (Å²) < 4.78 is 55.4. The van der Waals surface area contributed by atoms with Crippen molar-refractivity contribution in [2.45, 2.75) is 36.5 Å². The van der Waals surface area contributed by atoms with Gasteiger partial charge in [-0.15, -0.1) is 0 Å². The molecule has 2 aromatic rings. The van der Waals surface area contributed by atoms with Crippen molar-refractivity contribution in [3.63, 3.8) is 0 Å². The van der Waals surface area contributed by atoms with Gasteiger partial charge in [0.25, 0.3) is 0 Å². The Bertz CT molecular complexity index is 971. The molecule has 1 aliphatic rings. The van der Waals surface area contributed by atoms with Crippen molar-refractivity contribution in [1.29, 1.82) is 0 Å². The molecule has 1 aliphatic carbocycles. The molecule has 0 heterocycles. The van der Waals surface area contributed by atoms with Gasteiger partial charge in [-0.25, -0.2) is 17.2 Å². The van der Waals surface area contributed by atoms with Crippen LogP contribution in [0.4, 0.5) is 8.78 Å². The number of hydrogen-bond acceptors (Lipinski definition) is 6. The summed E-state index contributed by atoms with van der Waals surface area (Å²) in [6.45, 7) is 0.847. The van der Waals surface area contributed by atoms with Crippen molar-refractivity contribution in [3.05, 3.63) is 59.7 Å². The Morgan fingerprint density at radius 2 is 1.70 bits per heavy atom. The van der Waals surface area contributed by atoms with Crippen molar-refractivity contribution >= 4 is 9.84 Å². The largest absolute Gasteiger partial charge is 0.493 e. The molecule has 0 bridgehead atoms. The Hall–Kier alpha value is -2.07. The van der Waals surface area contributed by atoms with E-state index in [1.165, 1.54) is 18.2 Å². The molecule has 1 saturated carbocycles. The smallest absolute Gasteiger partial charge is 0.175 e. The molecule has 0 aliphatic heterocycles. The van der Waals surface area contributed by atoms with E-state index in [-0.39, 0.29) is 18.0 Å². The molecule has 2 unspecified atom stereocenters. The van der Waals surface area contributed by atoms with Gasteiger partial charge in [-0.1, -0.05) is 6.07 Å². The predicted octanol–water partition coefficient (Wildman–Crippen LogP) is 2.04. The highest BCUT2D eigenvalue weighted by Gasteiger charge is 2.44. The van der Waals surface area contributed by atoms with E-state index in [0.29, 0.717) is 30.7 Å². The standard InChI is InChI=1S/C21H25F2NO5S/c1-30(27,28)16-5-3-15(4-6-16)29-13-21(9-19(25)20(26)10-21)12-24-11-14-2-7-17(22)18(23)8-14/h2-8,19-20,24-26H,9-13H2,1H3. The summed E-state index contributed by atoms with van der Waals surface area (Å²) in [5.41, 5.74) is -0.00664. The molecule has 9 heteroatoms. The molecule has 2 atom stereocenters. The zero-order valence-electron chi connectivity index (χ0n) is 16.5. The van der Waals surface area contributed by atoms with Gasteiger partial charge >= 0.3 is 0 Å². The monoisotopic (exact) mass is 441 g/mol. The fraction of sp³-hybridized carbons (Fsp3) is 0.429. The molecule has 0 spiro atoms. The highest BCUT2D eigenvalue weighted by Crippen LogP contribution is 2.39. The van der Waals surface area contributed by atoms with Gasteiger partial charge in [-0.3, -0.25) is 0 Å². The van der Waals surface area contributed by atoms with Crippen LogP contribution in [-0.2, 0) is 16.4 Å². The van der Waals surface area contributed by atoms with Crippen molar-refractivity contribution in [3.8, 4) is 5.75 Å². The summed E-state index contributed by atoms with van der Waals surface area (Å²) in [6, 6.07) is 9.69. The second kappa shape index (κ2) is 8.97. The van der Waals surface area contributed by atoms with Crippen LogP contribution >= 0.6 is 0 Å². The van der Waals surface area contributed by atoms with Gasteiger partial charge in [0.1, 0.15) is 5.75 Å². The van der Waals surface area contributed by atoms with Crippen molar-refractivity contribution in [1.82, 2.24) is 5.32 Å². The zero-order valence-corrected chi connectivity index (χ0v) is 17.3. The van der Waals surface area contributed by atoms with Gasteiger partial charge in [-0.2, -0.15) is 0 Å². The molecular weight excluding hydrogens is 416 g/mol. The van der Waals surface area contributed by atoms with Crippen LogP contribution in [0.5, 0.6) is 5.75 Å². The summed E-state index contributed by atoms with van der Waals surface area (Å²) in [7, 11) is -3.30. The Kier molecular flexibility index (Phi) is 6.76. The van der Waals surface area contributed by atoms with Crippen LogP contribution in [0, 0.1) is 17.0 Å². The number of rotatable bonds is 8. The first-order valence-electron chi connectivity index (χ1n) is 9.52. The molecule has 0 radical (unpaired) electrons. The van der Waals surface area contributed by atoms with E-state index in [4.69, 9.17) is 4.74 Å². The third-order valence-corrected chi connectivity index (χ3v) is 6.47. The van der Waals surface area contributed by atoms with Gasteiger partial charge in [-0.05, 0) is 54.8 Å². The van der Waals surface area contributed by atoms with E-state index in [1.54, 1.807) is 12.1 Å². The lowest BCUT2D eigenvalue weighted by molar-refractivity contribution is 0.0438. The second-order valence-electron chi connectivity index (χ2n) is 7.93. The lowest BCUT2D eigenvalue weighted by atomic mass is 9.86. The van der Waals surface area contributed by atoms with Crippen LogP contribution in [0.1, 0.15) is 18.4 Å². The molecule has 0 aromatic heterocycles. The number of nitrogens with one attached hydrogen (secondary N) is 1. The quantitative estimate of drug-likeness (QED) is 0.580. The first-order chi connectivity index (χ1) is 14.1. The van der Waals surface area contributed by atoms with Crippen molar-refractivity contribution in [2.24, 2.45) is 5.41 Å². The van der Waals surface area contributed by atoms with Gasteiger partial charge in [0.2, 0.25) is 0 Å². The molecule has 3 rings (SSSR count). The number of aliphatic hydroxyl groups is 2. The number of aliphatic hydroxyl groups excluding tert-OH is 2. The fourth-order valence-electron chi connectivity index (χ4n) is 3.70. The van der Waals surface area contributed by atoms with E-state index >= 15 is 0 Å². The zero-order chi connectivity index (χ0) is 21.9. The molecule has 30 heavy (non-hydrogen) atoms. The average Bonchev–Trinajstić information content (AvgIpc) is 2.97. The van der Waals surface area contributed by atoms with E-state index in [1.807, 2.05) is 0 Å². The third-order valence-electron chi connectivity index (χ3n) is 5.34. The maximum absolute atomic E-state index is 13.4. The van der Waals surface area contributed by atoms with E-state index in [9.17, 15) is 27.4 Å². The number of hydrogen-bond donors (Lipinski definition) is 3. The first kappa shape index (κ1) is 22.6. The molecule has 0 saturated heterocycles. The fourth-order valence-corrected chi connectivity index (χ4v) is 4.33. The lowest BCUT2D eigenvalue weighted by Crippen LogP contribution is -2.38. The second-order valence-corrected chi connectivity index (χ2v) is 9.94. The van der Waals surface area contributed by atoms with Gasteiger partial charge in [0.15, 0.2) is 21.5 Å². The summed E-state index contributed by atoms with van der Waals surface area (Å²) in [5, 5.41) is 23.3. The third kappa shape index (κ3) is 5.54. The maximum atomic E-state index is 13.4. The lowest BCUT2D eigenvalue weighted by Gasteiger charge is -2.29. The van der Waals surface area contributed by atoms with Gasteiger partial charge < -0.3 is 20.3 Å². The van der Waals surface area contributed by atoms with Gasteiger partial charge in [0, 0.05) is 24.8 Å². The highest BCUT2D eigenvalue weighted by molar-refractivity contribution is 7.90. The first-order valence-corrected chi connectivity index (χ1v) is 11.4. The summed E-state index contributed by atoms with van der Waals surface area (Å²) in [5.74, 6) is -1.36. The Balaban J connectivity index is 1.64. The SMILES string of the molecule is CS(=O)(=O)c1ccc(OCC2(CNCc3ccc(F)c(F)c3)CC(O)C(O)C2)cc1. The molecule has 2 aromatic carbocycles. The van der Waals surface area contributed by atoms with Crippen molar-refractivity contribution < 1.29 is 32.1 Å². The van der Waals surface area contributed by atoms with Gasteiger partial charge in [0.05, 0.1) is 23.7 Å². The van der Waals surface area contributed by atoms with E-state index < -0.39 is 39.1 Å². The summed E-state index contributed by atoms with van der Waals surface area (Å²) >= 11 is 0. The van der Waals surface area contributed by atoms with Crippen LogP contribution in [0.3, 0.4) is 0 Å². The topological polar surface area (TPSA) is 95.9 Å². The molecule has 6 nitrogen and oxygen atoms in total. The number of sulfone groups is 1. The van der Waals surface area contributed by atoms with Crippen LogP contribution in [0.25, 0.3) is 0 Å². The van der Waals surface area contributed by atoms with Crippen molar-refractivity contribution in [2.75, 3.05) is 19.4 Å². The van der Waals surface area contributed by atoms with E-state index in [0.717, 1.165) is 18.4 Å². The molecule has 3 N–H and O–H groups in total. The normalized spacial score (nSPS) is 24.2. The Morgan fingerprint density at radius 3 is 2.27 bits per heavy atom. The molecular formula is C21H25F2NO5S. The molecule has 1 fully saturated rings. The average molecular weight is 441 g/mol. The highest BCUT2D eigenvalue weighted by atomic mass is 32.2. The van der Waals surface area contributed by atoms with Crippen LogP contribution in [-0.4, -0.2) is 50.2 Å². The van der Waals surface area contributed by atoms with Crippen LogP contribution in [0.15, 0.2) is 47.4 Å². The number of benzene rings is 2. The number of ether oxygens (including phenoxy) is 1. The number of halogens is 2. The van der Waals surface area contributed by atoms with Crippen LogP contribution in [0.2, 0.25) is 0 Å². The van der Waals surface area contributed by atoms with Crippen LogP contribution < -0.4 is 10.1 Å². The summed E-state index contributed by atoms with van der Waals surface area (Å²) in [4.78, 5) is 0.185. The van der Waals surface area contributed by atoms with E-state index in [2.05, 4.69) is 5.32 Å². The maximum Gasteiger partial charge on any atom is 0.175 e. The Morgan fingerprint density at radius 1 is 1.07 bits per heavy atom. The Labute approximate surface area is 174 Å². The predicted molar refractivity (Wildman–Crippen MR) is 107 cm³/mol. The molecule has 0 amide bonds. The minimum absolute atomic E-state index is 0.185. The summed E-state index contributed by atoms with van der Waals surface area (Å²) in [6.07, 6.45) is -0.0315. The minimum Gasteiger partial charge on any atom is -0.493 e. The molecule has 164 valence electrons. The minimum atomic E-state index is -3.30.